The third kappa shape index (κ3) is 7.47. The average Bonchev–Trinajstić information content (AvgIpc) is 2.23. The Kier molecular flexibility index (Phi) is 6.20. The number of hydrogen-bond donors (Lipinski definition) is 1. The smallest absolute Gasteiger partial charge is 0.308 e. The Hall–Kier alpha value is -0.680. The zero-order valence-corrected chi connectivity index (χ0v) is 12.3. The SMILES string of the molecule is Cc1cc(C)cc(CSC(C)CNCC(F)(F)F)c1. The summed E-state index contributed by atoms with van der Waals surface area (Å²) in [6, 6.07) is 6.36. The number of halogens is 3. The summed E-state index contributed by atoms with van der Waals surface area (Å²) in [4.78, 5) is 0. The fraction of sp³-hybridized carbons (Fsp3) is 0.571. The normalized spacial score (nSPS) is 13.6. The van der Waals surface area contributed by atoms with Crippen molar-refractivity contribution in [3.05, 3.63) is 34.9 Å². The van der Waals surface area contributed by atoms with Gasteiger partial charge in [0.25, 0.3) is 0 Å². The standard InChI is InChI=1S/C14H20F3NS/c1-10-4-11(2)6-13(5-10)8-19-12(3)7-18-9-14(15,16)17/h4-6,12,18H,7-9H2,1-3H3. The molecule has 0 radical (unpaired) electrons. The quantitative estimate of drug-likeness (QED) is 0.847. The first kappa shape index (κ1) is 16.4. The molecule has 1 atom stereocenters. The molecule has 5 heteroatoms. The average molecular weight is 291 g/mol. The molecule has 0 fully saturated rings. The van der Waals surface area contributed by atoms with Gasteiger partial charge in [0.15, 0.2) is 0 Å². The molecular formula is C14H20F3NS. The lowest BCUT2D eigenvalue weighted by molar-refractivity contribution is -0.124. The number of nitrogens with one attached hydrogen (secondary N) is 1. The van der Waals surface area contributed by atoms with Gasteiger partial charge in [-0.3, -0.25) is 0 Å². The van der Waals surface area contributed by atoms with E-state index in [4.69, 9.17) is 0 Å². The van der Waals surface area contributed by atoms with Crippen molar-refractivity contribution >= 4 is 11.8 Å². The van der Waals surface area contributed by atoms with Crippen LogP contribution >= 0.6 is 11.8 Å². The third-order valence-electron chi connectivity index (χ3n) is 2.57. The molecule has 1 unspecified atom stereocenters. The van der Waals surface area contributed by atoms with Crippen LogP contribution in [0.5, 0.6) is 0 Å². The van der Waals surface area contributed by atoms with Crippen LogP contribution in [0.2, 0.25) is 0 Å². The Morgan fingerprint density at radius 3 is 2.26 bits per heavy atom. The van der Waals surface area contributed by atoms with Crippen molar-refractivity contribution in [3.63, 3.8) is 0 Å². The first-order valence-corrected chi connectivity index (χ1v) is 7.27. The number of thioether (sulfide) groups is 1. The van der Waals surface area contributed by atoms with Gasteiger partial charge in [0.05, 0.1) is 6.54 Å². The van der Waals surface area contributed by atoms with E-state index in [1.54, 1.807) is 11.8 Å². The summed E-state index contributed by atoms with van der Waals surface area (Å²) in [5.41, 5.74) is 3.67. The van der Waals surface area contributed by atoms with E-state index in [-0.39, 0.29) is 5.25 Å². The maximum Gasteiger partial charge on any atom is 0.401 e. The lowest BCUT2D eigenvalue weighted by Crippen LogP contribution is -2.32. The van der Waals surface area contributed by atoms with Crippen LogP contribution in [0.3, 0.4) is 0 Å². The molecule has 0 saturated heterocycles. The highest BCUT2D eigenvalue weighted by Crippen LogP contribution is 2.20. The number of rotatable bonds is 6. The molecule has 0 amide bonds. The molecule has 0 saturated carbocycles. The number of benzene rings is 1. The highest BCUT2D eigenvalue weighted by atomic mass is 32.2. The minimum absolute atomic E-state index is 0.156. The second-order valence-electron chi connectivity index (χ2n) is 4.86. The largest absolute Gasteiger partial charge is 0.401 e. The fourth-order valence-electron chi connectivity index (χ4n) is 1.87. The van der Waals surface area contributed by atoms with Gasteiger partial charge in [-0.15, -0.1) is 0 Å². The summed E-state index contributed by atoms with van der Waals surface area (Å²) in [6.45, 7) is 5.50. The van der Waals surface area contributed by atoms with E-state index in [2.05, 4.69) is 37.4 Å². The van der Waals surface area contributed by atoms with E-state index in [0.29, 0.717) is 6.54 Å². The molecule has 0 aliphatic heterocycles. The van der Waals surface area contributed by atoms with Gasteiger partial charge in [-0.05, 0) is 19.4 Å². The maximum atomic E-state index is 12.0. The minimum Gasteiger partial charge on any atom is -0.308 e. The second-order valence-corrected chi connectivity index (χ2v) is 6.29. The van der Waals surface area contributed by atoms with Gasteiger partial charge >= 0.3 is 6.18 Å². The van der Waals surface area contributed by atoms with Crippen molar-refractivity contribution in [2.24, 2.45) is 0 Å². The Bertz CT molecular complexity index is 384. The Labute approximate surface area is 117 Å². The molecule has 0 heterocycles. The summed E-state index contributed by atoms with van der Waals surface area (Å²) in [5, 5.41) is 2.59. The number of alkyl halides is 3. The Morgan fingerprint density at radius 2 is 1.74 bits per heavy atom. The molecule has 1 aromatic carbocycles. The summed E-state index contributed by atoms with van der Waals surface area (Å²) >= 11 is 1.67. The van der Waals surface area contributed by atoms with Crippen molar-refractivity contribution in [3.8, 4) is 0 Å². The topological polar surface area (TPSA) is 12.0 Å². The van der Waals surface area contributed by atoms with Crippen LogP contribution in [0.4, 0.5) is 13.2 Å². The van der Waals surface area contributed by atoms with E-state index in [1.807, 2.05) is 6.92 Å². The summed E-state index contributed by atoms with van der Waals surface area (Å²) < 4.78 is 35.9. The molecule has 0 bridgehead atoms. The Morgan fingerprint density at radius 1 is 1.16 bits per heavy atom. The first-order chi connectivity index (χ1) is 8.76. The maximum absolute atomic E-state index is 12.0. The summed E-state index contributed by atoms with van der Waals surface area (Å²) in [5.74, 6) is 0.831. The molecule has 108 valence electrons. The zero-order chi connectivity index (χ0) is 14.5. The van der Waals surface area contributed by atoms with Crippen molar-refractivity contribution in [2.75, 3.05) is 13.1 Å². The zero-order valence-electron chi connectivity index (χ0n) is 11.5. The van der Waals surface area contributed by atoms with Gasteiger partial charge < -0.3 is 5.32 Å². The highest BCUT2D eigenvalue weighted by molar-refractivity contribution is 7.99. The fourth-order valence-corrected chi connectivity index (χ4v) is 2.75. The van der Waals surface area contributed by atoms with Gasteiger partial charge in [-0.25, -0.2) is 0 Å². The first-order valence-electron chi connectivity index (χ1n) is 6.22. The van der Waals surface area contributed by atoms with Crippen LogP contribution in [0.15, 0.2) is 18.2 Å². The lowest BCUT2D eigenvalue weighted by Gasteiger charge is -2.14. The van der Waals surface area contributed by atoms with Gasteiger partial charge in [-0.1, -0.05) is 36.2 Å². The van der Waals surface area contributed by atoms with Crippen LogP contribution in [0.1, 0.15) is 23.6 Å². The van der Waals surface area contributed by atoms with Gasteiger partial charge in [0, 0.05) is 17.5 Å². The molecule has 1 rings (SSSR count). The Balaban J connectivity index is 2.31. The number of hydrogen-bond acceptors (Lipinski definition) is 2. The summed E-state index contributed by atoms with van der Waals surface area (Å²) in [7, 11) is 0. The predicted octanol–water partition coefficient (Wildman–Crippen LogP) is 4.08. The van der Waals surface area contributed by atoms with E-state index >= 15 is 0 Å². The van der Waals surface area contributed by atoms with Gasteiger partial charge in [0.2, 0.25) is 0 Å². The molecule has 0 aliphatic carbocycles. The van der Waals surface area contributed by atoms with Crippen molar-refractivity contribution in [1.29, 1.82) is 0 Å². The monoisotopic (exact) mass is 291 g/mol. The molecule has 0 aliphatic rings. The third-order valence-corrected chi connectivity index (χ3v) is 3.81. The lowest BCUT2D eigenvalue weighted by atomic mass is 10.1. The summed E-state index contributed by atoms with van der Waals surface area (Å²) in [6.07, 6.45) is -4.13. The minimum atomic E-state index is -4.13. The van der Waals surface area contributed by atoms with Gasteiger partial charge in [-0.2, -0.15) is 24.9 Å². The molecule has 1 N–H and O–H groups in total. The highest BCUT2D eigenvalue weighted by Gasteiger charge is 2.26. The molecular weight excluding hydrogens is 271 g/mol. The molecule has 19 heavy (non-hydrogen) atoms. The van der Waals surface area contributed by atoms with Crippen LogP contribution in [0.25, 0.3) is 0 Å². The molecule has 1 aromatic rings. The van der Waals surface area contributed by atoms with E-state index < -0.39 is 12.7 Å². The molecule has 0 spiro atoms. The van der Waals surface area contributed by atoms with E-state index in [1.165, 1.54) is 16.7 Å². The van der Waals surface area contributed by atoms with Crippen molar-refractivity contribution in [2.45, 2.75) is 38.0 Å². The molecule has 1 nitrogen and oxygen atoms in total. The van der Waals surface area contributed by atoms with Crippen LogP contribution < -0.4 is 5.32 Å². The van der Waals surface area contributed by atoms with Gasteiger partial charge in [0.1, 0.15) is 0 Å². The second kappa shape index (κ2) is 7.20. The van der Waals surface area contributed by atoms with Crippen molar-refractivity contribution < 1.29 is 13.2 Å². The number of aryl methyl sites for hydroxylation is 2. The van der Waals surface area contributed by atoms with E-state index in [9.17, 15) is 13.2 Å². The molecule has 0 aromatic heterocycles. The van der Waals surface area contributed by atoms with Crippen LogP contribution in [0, 0.1) is 13.8 Å². The van der Waals surface area contributed by atoms with Crippen molar-refractivity contribution in [1.82, 2.24) is 5.32 Å². The van der Waals surface area contributed by atoms with E-state index in [0.717, 1.165) is 5.75 Å². The van der Waals surface area contributed by atoms with Crippen LogP contribution in [-0.2, 0) is 5.75 Å². The predicted molar refractivity (Wildman–Crippen MR) is 75.6 cm³/mol. The van der Waals surface area contributed by atoms with Crippen LogP contribution in [-0.4, -0.2) is 24.5 Å².